The van der Waals surface area contributed by atoms with E-state index in [4.69, 9.17) is 47.1 Å². The van der Waals surface area contributed by atoms with Crippen molar-refractivity contribution in [1.29, 1.82) is 0 Å². The van der Waals surface area contributed by atoms with Gasteiger partial charge in [-0.15, -0.1) is 0 Å². The Balaban J connectivity index is 2.37. The molecule has 3 heterocycles. The fourth-order valence-electron chi connectivity index (χ4n) is 6.05. The first-order valence-corrected chi connectivity index (χ1v) is 20.8. The zero-order chi connectivity index (χ0) is 42.6. The molecule has 0 aromatic carbocycles. The first kappa shape index (κ1) is 46.1. The van der Waals surface area contributed by atoms with E-state index in [9.17, 15) is 38.4 Å². The van der Waals surface area contributed by atoms with E-state index in [0.29, 0.717) is 0 Å². The van der Waals surface area contributed by atoms with Gasteiger partial charge in [-0.05, 0) is 32.0 Å². The minimum Gasteiger partial charge on any atom is -0.463 e. The van der Waals surface area contributed by atoms with Crippen molar-refractivity contribution < 1.29 is 85.4 Å². The highest BCUT2D eigenvalue weighted by Crippen LogP contribution is 2.43. The van der Waals surface area contributed by atoms with E-state index in [0.717, 1.165) is 46.4 Å². The van der Waals surface area contributed by atoms with E-state index in [1.54, 1.807) is 0 Å². The van der Waals surface area contributed by atoms with E-state index in [1.165, 1.54) is 13.8 Å². The topological polar surface area (TPSA) is 232 Å². The second-order valence-corrected chi connectivity index (χ2v) is 19.9. The average molecular weight is 816 g/mol. The molecular weight excluding hydrogens is 762 g/mol. The van der Waals surface area contributed by atoms with Gasteiger partial charge >= 0.3 is 35.8 Å². The number of carbonyl (C=O) groups is 8. The third-order valence-electron chi connectivity index (χ3n) is 9.76. The Morgan fingerprint density at radius 2 is 0.964 bits per heavy atom. The maximum Gasteiger partial charge on any atom is 0.303 e. The molecule has 20 heteroatoms. The molecule has 0 bridgehead atoms. The van der Waals surface area contributed by atoms with Gasteiger partial charge in [0.05, 0.1) is 0 Å². The summed E-state index contributed by atoms with van der Waals surface area (Å²) in [6.45, 7) is 17.8. The van der Waals surface area contributed by atoms with Crippen molar-refractivity contribution in [3.63, 3.8) is 0 Å². The zero-order valence-electron chi connectivity index (χ0n) is 34.0. The molecule has 314 valence electrons. The number of hydrogen-bond acceptors (Lipinski definition) is 18. The van der Waals surface area contributed by atoms with E-state index in [1.807, 2.05) is 33.9 Å². The molecule has 3 rings (SSSR count). The Morgan fingerprint density at radius 1 is 0.589 bits per heavy atom. The van der Waals surface area contributed by atoms with Crippen LogP contribution in [0.3, 0.4) is 0 Å². The largest absolute Gasteiger partial charge is 0.463 e. The number of imide groups is 1. The highest BCUT2D eigenvalue weighted by molar-refractivity contribution is 6.74. The predicted molar refractivity (Wildman–Crippen MR) is 190 cm³/mol. The van der Waals surface area contributed by atoms with Gasteiger partial charge in [-0.1, -0.05) is 20.8 Å². The van der Waals surface area contributed by atoms with Crippen LogP contribution >= 0.6 is 0 Å². The summed E-state index contributed by atoms with van der Waals surface area (Å²) in [6, 6.07) is -1.58. The standard InChI is InChI=1S/C36H53NO18Si/c1-16-17(2)33(45)37(32(16)44)26-29(27(48-20(5)40)24(14-46-18(3)38)52-34(26)55-56(12,13)36(9,10)11)54-35-31(51-23(8)43)30(50-22(7)42)28(49-21(6)41)25(53-35)15-47-19(4)39/h24-31,34-35H,14-15H2,1-13H3/t24-,25-,26-,27-,28+,29-,30+,31-,34+,35+/m1/s1. The number of rotatable bonds is 13. The Bertz CT molecular complexity index is 1580. The van der Waals surface area contributed by atoms with Crippen LogP contribution in [0.5, 0.6) is 0 Å². The molecule has 0 aromatic heterocycles. The van der Waals surface area contributed by atoms with Crippen molar-refractivity contribution >= 4 is 55.9 Å². The smallest absolute Gasteiger partial charge is 0.303 e. The minimum atomic E-state index is -2.91. The molecule has 3 aliphatic heterocycles. The Morgan fingerprint density at radius 3 is 1.36 bits per heavy atom. The van der Waals surface area contributed by atoms with Crippen LogP contribution in [0.25, 0.3) is 0 Å². The molecule has 10 atom stereocenters. The molecule has 0 aromatic rings. The molecule has 3 aliphatic rings. The lowest BCUT2D eigenvalue weighted by atomic mass is 9.93. The SMILES string of the molecule is CC(=O)OC[C@H]1O[C@@H](O[C@H]2[C@H](OC(C)=O)[C@@H](COC(C)=O)O[C@@H](O[Si](C)(C)C(C)(C)C)[C@@H]2N2C(=O)C(C)=C(C)C2=O)[C@H](OC(C)=O)[C@@H](OC(C)=O)[C@H]1OC(C)=O. The molecule has 0 aliphatic carbocycles. The Labute approximate surface area is 325 Å². The first-order chi connectivity index (χ1) is 25.8. The molecule has 0 spiro atoms. The summed E-state index contributed by atoms with van der Waals surface area (Å²) in [5.41, 5.74) is 0.191. The third kappa shape index (κ3) is 11.0. The highest BCUT2D eigenvalue weighted by Gasteiger charge is 2.61. The summed E-state index contributed by atoms with van der Waals surface area (Å²) in [7, 11) is -2.91. The van der Waals surface area contributed by atoms with Gasteiger partial charge in [0.15, 0.2) is 45.3 Å². The van der Waals surface area contributed by atoms with E-state index in [-0.39, 0.29) is 11.1 Å². The number of carbonyl (C=O) groups excluding carboxylic acids is 8. The number of amides is 2. The summed E-state index contributed by atoms with van der Waals surface area (Å²) in [5.74, 6) is -6.58. The summed E-state index contributed by atoms with van der Waals surface area (Å²) in [5, 5.41) is -0.474. The van der Waals surface area contributed by atoms with Crippen LogP contribution in [0, 0.1) is 0 Å². The molecule has 2 fully saturated rings. The molecule has 2 amide bonds. The lowest BCUT2D eigenvalue weighted by Crippen LogP contribution is -2.71. The molecule has 0 unspecified atom stereocenters. The van der Waals surface area contributed by atoms with Crippen molar-refractivity contribution in [3.05, 3.63) is 11.1 Å². The zero-order valence-corrected chi connectivity index (χ0v) is 35.0. The number of esters is 6. The number of hydrogen-bond donors (Lipinski definition) is 0. The molecule has 19 nitrogen and oxygen atoms in total. The monoisotopic (exact) mass is 815 g/mol. The van der Waals surface area contributed by atoms with E-state index >= 15 is 0 Å². The van der Waals surface area contributed by atoms with Crippen LogP contribution in [-0.2, 0) is 85.4 Å². The van der Waals surface area contributed by atoms with Crippen LogP contribution in [0.15, 0.2) is 11.1 Å². The maximum absolute atomic E-state index is 14.0. The predicted octanol–water partition coefficient (Wildman–Crippen LogP) is 1.77. The average Bonchev–Trinajstić information content (AvgIpc) is 3.23. The lowest BCUT2D eigenvalue weighted by molar-refractivity contribution is -0.347. The normalized spacial score (nSPS) is 29.7. The van der Waals surface area contributed by atoms with Crippen LogP contribution in [-0.4, -0.2) is 135 Å². The molecule has 0 saturated carbocycles. The second kappa shape index (κ2) is 18.3. The van der Waals surface area contributed by atoms with Gasteiger partial charge in [0.25, 0.3) is 11.8 Å². The highest BCUT2D eigenvalue weighted by atomic mass is 28.4. The summed E-state index contributed by atoms with van der Waals surface area (Å²) in [6.07, 6.45) is -14.5. The third-order valence-corrected chi connectivity index (χ3v) is 14.2. The summed E-state index contributed by atoms with van der Waals surface area (Å²) < 4.78 is 58.9. The van der Waals surface area contributed by atoms with E-state index in [2.05, 4.69) is 0 Å². The fraction of sp³-hybridized carbons (Fsp3) is 0.722. The van der Waals surface area contributed by atoms with E-state index < -0.39 is 136 Å². The van der Waals surface area contributed by atoms with Crippen molar-refractivity contribution in [1.82, 2.24) is 4.90 Å². The number of nitrogens with zero attached hydrogens (tertiary/aromatic N) is 1. The van der Waals surface area contributed by atoms with Crippen molar-refractivity contribution in [2.45, 2.75) is 156 Å². The molecule has 2 saturated heterocycles. The van der Waals surface area contributed by atoms with Crippen LogP contribution in [0.1, 0.15) is 76.2 Å². The second-order valence-electron chi connectivity index (χ2n) is 15.2. The first-order valence-electron chi connectivity index (χ1n) is 17.9. The van der Waals surface area contributed by atoms with Crippen LogP contribution < -0.4 is 0 Å². The minimum absolute atomic E-state index is 0.0956. The van der Waals surface area contributed by atoms with Gasteiger partial charge in [-0.3, -0.25) is 43.3 Å². The van der Waals surface area contributed by atoms with Crippen molar-refractivity contribution in [2.24, 2.45) is 0 Å². The van der Waals surface area contributed by atoms with Gasteiger partial charge in [0.1, 0.15) is 37.6 Å². The fourth-order valence-corrected chi connectivity index (χ4v) is 7.18. The quantitative estimate of drug-likeness (QED) is 0.112. The summed E-state index contributed by atoms with van der Waals surface area (Å²) >= 11 is 0. The molecule has 56 heavy (non-hydrogen) atoms. The van der Waals surface area contributed by atoms with Gasteiger partial charge < -0.3 is 47.1 Å². The van der Waals surface area contributed by atoms with Crippen LogP contribution in [0.2, 0.25) is 18.1 Å². The van der Waals surface area contributed by atoms with Gasteiger partial charge in [-0.2, -0.15) is 0 Å². The molecule has 0 radical (unpaired) electrons. The Hall–Kier alpha value is -4.24. The van der Waals surface area contributed by atoms with Gasteiger partial charge in [-0.25, -0.2) is 0 Å². The summed E-state index contributed by atoms with van der Waals surface area (Å²) in [4.78, 5) is 103. The van der Waals surface area contributed by atoms with Crippen LogP contribution in [0.4, 0.5) is 0 Å². The van der Waals surface area contributed by atoms with Crippen molar-refractivity contribution in [2.75, 3.05) is 13.2 Å². The lowest BCUT2D eigenvalue weighted by Gasteiger charge is -2.52. The Kier molecular flexibility index (Phi) is 15.1. The molecule has 0 N–H and O–H groups in total. The molecular formula is C36H53NO18Si. The maximum atomic E-state index is 14.0. The van der Waals surface area contributed by atoms with Gasteiger partial charge in [0.2, 0.25) is 0 Å². The van der Waals surface area contributed by atoms with Crippen molar-refractivity contribution in [3.8, 4) is 0 Å². The van der Waals surface area contributed by atoms with Gasteiger partial charge in [0, 0.05) is 52.7 Å². The number of ether oxygens (including phenoxy) is 9.